The Morgan fingerprint density at radius 1 is 1.04 bits per heavy atom. The molecule has 24 heavy (non-hydrogen) atoms. The molecule has 0 aliphatic carbocycles. The predicted molar refractivity (Wildman–Crippen MR) is 99.0 cm³/mol. The molecule has 3 rings (SSSR count). The van der Waals surface area contributed by atoms with Gasteiger partial charge in [0.1, 0.15) is 0 Å². The van der Waals surface area contributed by atoms with Crippen LogP contribution in [0.4, 0.5) is 0 Å². The molecular weight excluding hydrogens is 316 g/mol. The number of aromatic nitrogens is 2. The molecular formula is C20H22N2OS. The van der Waals surface area contributed by atoms with E-state index in [0.717, 1.165) is 29.6 Å². The molecule has 1 N–H and O–H groups in total. The van der Waals surface area contributed by atoms with Gasteiger partial charge in [-0.15, -0.1) is 0 Å². The summed E-state index contributed by atoms with van der Waals surface area (Å²) in [5.74, 6) is 0.889. The molecule has 0 bridgehead atoms. The van der Waals surface area contributed by atoms with E-state index in [1.54, 1.807) is 18.0 Å². The third kappa shape index (κ3) is 4.08. The Balaban J connectivity index is 1.71. The second-order valence-corrected chi connectivity index (χ2v) is 6.74. The number of benzene rings is 2. The topological polar surface area (TPSA) is 38.1 Å². The number of aryl methyl sites for hydroxylation is 2. The summed E-state index contributed by atoms with van der Waals surface area (Å²) < 4.78 is 2.13. The molecule has 1 heterocycles. The van der Waals surface area contributed by atoms with Gasteiger partial charge >= 0.3 is 0 Å². The van der Waals surface area contributed by atoms with Crippen LogP contribution in [0.1, 0.15) is 22.4 Å². The average molecular weight is 338 g/mol. The molecule has 4 heteroatoms. The summed E-state index contributed by atoms with van der Waals surface area (Å²) in [7, 11) is 0. The van der Waals surface area contributed by atoms with Gasteiger partial charge < -0.3 is 9.67 Å². The molecule has 3 nitrogen and oxygen atoms in total. The summed E-state index contributed by atoms with van der Waals surface area (Å²) in [6.07, 6.45) is 2.72. The van der Waals surface area contributed by atoms with Crippen LogP contribution in [-0.4, -0.2) is 14.7 Å². The molecule has 1 aromatic heterocycles. The van der Waals surface area contributed by atoms with Crippen LogP contribution in [0.5, 0.6) is 0 Å². The smallest absolute Gasteiger partial charge is 0.168 e. The Hall–Kier alpha value is -2.04. The Kier molecular flexibility index (Phi) is 5.72. The van der Waals surface area contributed by atoms with Crippen molar-refractivity contribution < 1.29 is 5.11 Å². The second kappa shape index (κ2) is 8.18. The molecule has 0 aliphatic heterocycles. The zero-order chi connectivity index (χ0) is 16.8. The van der Waals surface area contributed by atoms with Gasteiger partial charge in [-0.25, -0.2) is 4.98 Å². The van der Waals surface area contributed by atoms with Gasteiger partial charge in [-0.05, 0) is 30.0 Å². The van der Waals surface area contributed by atoms with Crippen LogP contribution in [0.15, 0.2) is 66.0 Å². The zero-order valence-electron chi connectivity index (χ0n) is 13.9. The van der Waals surface area contributed by atoms with Crippen LogP contribution >= 0.6 is 11.8 Å². The molecule has 0 amide bonds. The van der Waals surface area contributed by atoms with E-state index in [-0.39, 0.29) is 6.61 Å². The highest BCUT2D eigenvalue weighted by Gasteiger charge is 2.11. The summed E-state index contributed by atoms with van der Waals surface area (Å²) in [6, 6.07) is 18.9. The van der Waals surface area contributed by atoms with Crippen molar-refractivity contribution in [2.75, 3.05) is 0 Å². The van der Waals surface area contributed by atoms with Gasteiger partial charge in [-0.2, -0.15) is 0 Å². The van der Waals surface area contributed by atoms with Gasteiger partial charge in [0, 0.05) is 12.3 Å². The summed E-state index contributed by atoms with van der Waals surface area (Å²) >= 11 is 1.73. The van der Waals surface area contributed by atoms with Crippen LogP contribution in [0.3, 0.4) is 0 Å². The first kappa shape index (κ1) is 16.8. The van der Waals surface area contributed by atoms with Crippen LogP contribution in [-0.2, 0) is 25.3 Å². The highest BCUT2D eigenvalue weighted by molar-refractivity contribution is 7.98. The number of thioether (sulfide) groups is 1. The maximum Gasteiger partial charge on any atom is 0.168 e. The van der Waals surface area contributed by atoms with Crippen LogP contribution in [0, 0.1) is 6.92 Å². The van der Waals surface area contributed by atoms with Gasteiger partial charge in [0.15, 0.2) is 5.16 Å². The summed E-state index contributed by atoms with van der Waals surface area (Å²) in [5.41, 5.74) is 4.79. The van der Waals surface area contributed by atoms with E-state index in [9.17, 15) is 5.11 Å². The predicted octanol–water partition coefficient (Wildman–Crippen LogP) is 4.22. The van der Waals surface area contributed by atoms with Gasteiger partial charge in [-0.1, -0.05) is 66.4 Å². The Labute approximate surface area is 147 Å². The fourth-order valence-electron chi connectivity index (χ4n) is 2.67. The Morgan fingerprint density at radius 2 is 1.79 bits per heavy atom. The lowest BCUT2D eigenvalue weighted by Crippen LogP contribution is -2.07. The first-order chi connectivity index (χ1) is 11.8. The van der Waals surface area contributed by atoms with E-state index in [1.807, 2.05) is 6.07 Å². The standard InChI is InChI=1S/C20H22N2OS/c1-16-7-5-6-10-18(16)15-24-20-21-13-19(14-23)22(20)12-11-17-8-3-2-4-9-17/h2-10,13,23H,11-12,14-15H2,1H3. The molecule has 0 spiro atoms. The van der Waals surface area contributed by atoms with Crippen LogP contribution in [0.25, 0.3) is 0 Å². The maximum absolute atomic E-state index is 9.59. The Morgan fingerprint density at radius 3 is 2.54 bits per heavy atom. The first-order valence-electron chi connectivity index (χ1n) is 8.14. The molecule has 0 saturated carbocycles. The van der Waals surface area contributed by atoms with Crippen LogP contribution < -0.4 is 0 Å². The molecule has 0 radical (unpaired) electrons. The highest BCUT2D eigenvalue weighted by Crippen LogP contribution is 2.25. The lowest BCUT2D eigenvalue weighted by atomic mass is 10.1. The first-order valence-corrected chi connectivity index (χ1v) is 9.13. The lowest BCUT2D eigenvalue weighted by molar-refractivity contribution is 0.269. The van der Waals surface area contributed by atoms with Crippen molar-refractivity contribution >= 4 is 11.8 Å². The fourth-order valence-corrected chi connectivity index (χ4v) is 3.77. The minimum atomic E-state index is 0.0206. The van der Waals surface area contributed by atoms with E-state index in [2.05, 4.69) is 65.0 Å². The summed E-state index contributed by atoms with van der Waals surface area (Å²) in [4.78, 5) is 4.51. The molecule has 0 saturated heterocycles. The van der Waals surface area contributed by atoms with E-state index < -0.39 is 0 Å². The SMILES string of the molecule is Cc1ccccc1CSc1ncc(CO)n1CCc1ccccc1. The third-order valence-electron chi connectivity index (χ3n) is 4.15. The second-order valence-electron chi connectivity index (χ2n) is 5.79. The Bertz CT molecular complexity index is 783. The molecule has 2 aromatic carbocycles. The zero-order valence-corrected chi connectivity index (χ0v) is 14.7. The fraction of sp³-hybridized carbons (Fsp3) is 0.250. The third-order valence-corrected chi connectivity index (χ3v) is 5.19. The maximum atomic E-state index is 9.59. The van der Waals surface area contributed by atoms with E-state index in [0.29, 0.717) is 0 Å². The van der Waals surface area contributed by atoms with E-state index in [4.69, 9.17) is 0 Å². The van der Waals surface area contributed by atoms with E-state index in [1.165, 1.54) is 16.7 Å². The average Bonchev–Trinajstić information content (AvgIpc) is 3.02. The van der Waals surface area contributed by atoms with Crippen molar-refractivity contribution in [1.82, 2.24) is 9.55 Å². The van der Waals surface area contributed by atoms with E-state index >= 15 is 0 Å². The summed E-state index contributed by atoms with van der Waals surface area (Å²) in [6.45, 7) is 2.99. The van der Waals surface area contributed by atoms with Crippen molar-refractivity contribution in [3.8, 4) is 0 Å². The largest absolute Gasteiger partial charge is 0.390 e. The number of nitrogens with zero attached hydrogens (tertiary/aromatic N) is 2. The number of imidazole rings is 1. The number of hydrogen-bond donors (Lipinski definition) is 1. The number of rotatable bonds is 7. The molecule has 0 aliphatic rings. The quantitative estimate of drug-likeness (QED) is 0.656. The van der Waals surface area contributed by atoms with Crippen molar-refractivity contribution in [2.24, 2.45) is 0 Å². The van der Waals surface area contributed by atoms with Crippen molar-refractivity contribution in [3.63, 3.8) is 0 Å². The molecule has 0 fully saturated rings. The van der Waals surface area contributed by atoms with Gasteiger partial charge in [0.25, 0.3) is 0 Å². The van der Waals surface area contributed by atoms with Crippen LogP contribution in [0.2, 0.25) is 0 Å². The monoisotopic (exact) mass is 338 g/mol. The van der Waals surface area contributed by atoms with Gasteiger partial charge in [0.2, 0.25) is 0 Å². The van der Waals surface area contributed by atoms with Crippen molar-refractivity contribution in [3.05, 3.63) is 83.2 Å². The highest BCUT2D eigenvalue weighted by atomic mass is 32.2. The van der Waals surface area contributed by atoms with Gasteiger partial charge in [-0.3, -0.25) is 0 Å². The molecule has 0 atom stereocenters. The molecule has 3 aromatic rings. The minimum Gasteiger partial charge on any atom is -0.390 e. The van der Waals surface area contributed by atoms with Crippen molar-refractivity contribution in [2.45, 2.75) is 37.4 Å². The van der Waals surface area contributed by atoms with Crippen molar-refractivity contribution in [1.29, 1.82) is 0 Å². The van der Waals surface area contributed by atoms with Gasteiger partial charge in [0.05, 0.1) is 18.5 Å². The summed E-state index contributed by atoms with van der Waals surface area (Å²) in [5, 5.41) is 10.6. The number of aliphatic hydroxyl groups is 1. The lowest BCUT2D eigenvalue weighted by Gasteiger charge is -2.11. The number of hydrogen-bond acceptors (Lipinski definition) is 3. The molecule has 124 valence electrons. The number of aliphatic hydroxyl groups excluding tert-OH is 1. The normalized spacial score (nSPS) is 10.9. The minimum absolute atomic E-state index is 0.0206. The molecule has 0 unspecified atom stereocenters.